The summed E-state index contributed by atoms with van der Waals surface area (Å²) >= 11 is 0. The Kier molecular flexibility index (Phi) is 6.55. The molecule has 0 radical (unpaired) electrons. The topological polar surface area (TPSA) is 80.5 Å². The van der Waals surface area contributed by atoms with Gasteiger partial charge in [-0.15, -0.1) is 0 Å². The highest BCUT2D eigenvalue weighted by atomic mass is 32.2. The maximum Gasteiger partial charge on any atom is 0.416 e. The largest absolute Gasteiger partial charge is 0.416 e. The number of piperidine rings is 1. The van der Waals surface area contributed by atoms with Crippen LogP contribution >= 0.6 is 0 Å². The third-order valence-corrected chi connectivity index (χ3v) is 8.78. The van der Waals surface area contributed by atoms with Crippen molar-refractivity contribution in [1.82, 2.24) is 4.31 Å². The van der Waals surface area contributed by atoms with Gasteiger partial charge in [0, 0.05) is 12.6 Å². The zero-order valence-electron chi connectivity index (χ0n) is 18.1. The molecule has 1 amide bonds. The van der Waals surface area contributed by atoms with Crippen molar-refractivity contribution in [2.24, 2.45) is 11.7 Å². The fourth-order valence-electron chi connectivity index (χ4n) is 5.38. The number of fused-ring (bicyclic) bond motifs is 1. The summed E-state index contributed by atoms with van der Waals surface area (Å²) in [6, 6.07) is 10.9. The van der Waals surface area contributed by atoms with Gasteiger partial charge in [0.2, 0.25) is 15.9 Å². The quantitative estimate of drug-likeness (QED) is 0.686. The van der Waals surface area contributed by atoms with E-state index < -0.39 is 44.5 Å². The van der Waals surface area contributed by atoms with Crippen LogP contribution in [0, 0.1) is 5.92 Å². The van der Waals surface area contributed by atoms with Gasteiger partial charge in [0.25, 0.3) is 0 Å². The maximum absolute atomic E-state index is 13.5. The van der Waals surface area contributed by atoms with Crippen LogP contribution in [-0.4, -0.2) is 31.2 Å². The Balaban J connectivity index is 1.74. The van der Waals surface area contributed by atoms with Crippen molar-refractivity contribution in [3.8, 4) is 0 Å². The Morgan fingerprint density at radius 2 is 1.79 bits per heavy atom. The van der Waals surface area contributed by atoms with E-state index in [1.54, 1.807) is 0 Å². The average Bonchev–Trinajstić information content (AvgIpc) is 2.79. The number of amides is 1. The third kappa shape index (κ3) is 4.66. The Bertz CT molecular complexity index is 1130. The molecule has 2 N–H and O–H groups in total. The molecule has 1 aliphatic heterocycles. The van der Waals surface area contributed by atoms with Crippen LogP contribution in [0.15, 0.2) is 53.4 Å². The molecule has 1 heterocycles. The molecule has 178 valence electrons. The van der Waals surface area contributed by atoms with E-state index in [-0.39, 0.29) is 12.5 Å². The first kappa shape index (κ1) is 23.8. The summed E-state index contributed by atoms with van der Waals surface area (Å²) in [5.74, 6) is -1.56. The Hall–Kier alpha value is -2.39. The Labute approximate surface area is 191 Å². The highest BCUT2D eigenvalue weighted by Gasteiger charge is 2.45. The van der Waals surface area contributed by atoms with Gasteiger partial charge in [-0.1, -0.05) is 36.8 Å². The first-order chi connectivity index (χ1) is 15.6. The molecule has 2 aliphatic rings. The van der Waals surface area contributed by atoms with Crippen LogP contribution in [0.5, 0.6) is 0 Å². The summed E-state index contributed by atoms with van der Waals surface area (Å²) in [7, 11) is -4.26. The minimum atomic E-state index is -4.66. The number of nitrogens with two attached hydrogens (primary N) is 1. The number of hydrogen-bond donors (Lipinski definition) is 1. The molecular weight excluding hydrogens is 453 g/mol. The molecule has 0 aromatic heterocycles. The third-order valence-electron chi connectivity index (χ3n) is 6.86. The molecule has 1 saturated heterocycles. The van der Waals surface area contributed by atoms with Gasteiger partial charge < -0.3 is 5.73 Å². The zero-order chi connectivity index (χ0) is 23.8. The van der Waals surface area contributed by atoms with Gasteiger partial charge in [-0.3, -0.25) is 4.79 Å². The summed E-state index contributed by atoms with van der Waals surface area (Å²) in [6.07, 6.45) is -0.482. The Morgan fingerprint density at radius 1 is 1.03 bits per heavy atom. The molecule has 3 atom stereocenters. The minimum absolute atomic E-state index is 0.140. The first-order valence-corrected chi connectivity index (χ1v) is 12.6. The van der Waals surface area contributed by atoms with Gasteiger partial charge >= 0.3 is 6.18 Å². The molecule has 5 nitrogen and oxygen atoms in total. The average molecular weight is 481 g/mol. The molecule has 0 saturated carbocycles. The van der Waals surface area contributed by atoms with Gasteiger partial charge in [0.15, 0.2) is 0 Å². The van der Waals surface area contributed by atoms with E-state index in [2.05, 4.69) is 0 Å². The number of sulfonamides is 1. The second-order valence-corrected chi connectivity index (χ2v) is 10.7. The summed E-state index contributed by atoms with van der Waals surface area (Å²) in [5.41, 5.74) is 6.99. The molecule has 1 fully saturated rings. The lowest BCUT2D eigenvalue weighted by atomic mass is 9.71. The predicted octanol–water partition coefficient (Wildman–Crippen LogP) is 4.47. The second kappa shape index (κ2) is 9.10. The predicted molar refractivity (Wildman–Crippen MR) is 118 cm³/mol. The van der Waals surface area contributed by atoms with E-state index in [4.69, 9.17) is 5.73 Å². The van der Waals surface area contributed by atoms with Crippen LogP contribution in [0.25, 0.3) is 0 Å². The first-order valence-electron chi connectivity index (χ1n) is 11.2. The van der Waals surface area contributed by atoms with Crippen LogP contribution < -0.4 is 5.73 Å². The zero-order valence-corrected chi connectivity index (χ0v) is 18.9. The molecule has 0 spiro atoms. The van der Waals surface area contributed by atoms with E-state index in [9.17, 15) is 26.4 Å². The number of halogens is 3. The van der Waals surface area contributed by atoms with Gasteiger partial charge in [-0.2, -0.15) is 17.5 Å². The lowest BCUT2D eigenvalue weighted by Crippen LogP contribution is -2.52. The van der Waals surface area contributed by atoms with Gasteiger partial charge in [-0.25, -0.2) is 8.42 Å². The van der Waals surface area contributed by atoms with Crippen LogP contribution in [0.1, 0.15) is 54.7 Å². The summed E-state index contributed by atoms with van der Waals surface area (Å²) in [5, 5.41) is 0. The molecule has 9 heteroatoms. The SMILES string of the molecule is NC(=O)C(C1CCCc2ccccc21)C1CCCCN1S(=O)(=O)c1cccc(C(F)(F)F)c1. The van der Waals surface area contributed by atoms with E-state index in [0.29, 0.717) is 25.3 Å². The monoisotopic (exact) mass is 480 g/mol. The minimum Gasteiger partial charge on any atom is -0.369 e. The second-order valence-electron chi connectivity index (χ2n) is 8.83. The highest BCUT2D eigenvalue weighted by Crippen LogP contribution is 2.42. The van der Waals surface area contributed by atoms with Crippen LogP contribution in [0.2, 0.25) is 0 Å². The number of aryl methyl sites for hydroxylation is 1. The van der Waals surface area contributed by atoms with Crippen molar-refractivity contribution in [3.63, 3.8) is 0 Å². The van der Waals surface area contributed by atoms with Gasteiger partial charge in [0.05, 0.1) is 16.4 Å². The number of carbonyl (C=O) groups excluding carboxylic acids is 1. The number of carbonyl (C=O) groups is 1. The van der Waals surface area contributed by atoms with Crippen molar-refractivity contribution in [3.05, 3.63) is 65.2 Å². The fourth-order valence-corrected chi connectivity index (χ4v) is 7.14. The number of hydrogen-bond acceptors (Lipinski definition) is 3. The van der Waals surface area contributed by atoms with Crippen molar-refractivity contribution < 1.29 is 26.4 Å². The highest BCUT2D eigenvalue weighted by molar-refractivity contribution is 7.89. The summed E-state index contributed by atoms with van der Waals surface area (Å²) < 4.78 is 68.0. The molecule has 1 aliphatic carbocycles. The number of nitrogens with zero attached hydrogens (tertiary/aromatic N) is 1. The molecule has 2 aromatic carbocycles. The Morgan fingerprint density at radius 3 is 2.52 bits per heavy atom. The molecule has 0 bridgehead atoms. The maximum atomic E-state index is 13.5. The number of primary amides is 1. The van der Waals surface area contributed by atoms with Gasteiger partial charge in [-0.05, 0) is 67.3 Å². The normalized spacial score (nSPS) is 23.0. The van der Waals surface area contributed by atoms with Crippen molar-refractivity contribution in [2.75, 3.05) is 6.54 Å². The van der Waals surface area contributed by atoms with Crippen molar-refractivity contribution in [2.45, 2.75) is 61.6 Å². The lowest BCUT2D eigenvalue weighted by molar-refractivity contribution is -0.137. The van der Waals surface area contributed by atoms with Crippen LogP contribution in [-0.2, 0) is 27.4 Å². The van der Waals surface area contributed by atoms with Crippen molar-refractivity contribution in [1.29, 1.82) is 0 Å². The molecular formula is C24H27F3N2O3S. The number of alkyl halides is 3. The summed E-state index contributed by atoms with van der Waals surface area (Å²) in [6.45, 7) is 0.140. The number of rotatable bonds is 5. The lowest BCUT2D eigenvalue weighted by Gasteiger charge is -2.42. The van der Waals surface area contributed by atoms with E-state index in [0.717, 1.165) is 42.5 Å². The summed E-state index contributed by atoms with van der Waals surface area (Å²) in [4.78, 5) is 12.3. The standard InChI is InChI=1S/C24H27F3N2O3S/c25-24(26,27)17-9-6-10-18(15-17)33(31,32)29-14-4-3-13-21(29)22(23(28)30)20-12-5-8-16-7-1-2-11-19(16)20/h1-2,6-7,9-11,15,20-22H,3-5,8,12-14H2,(H2,28,30). The molecule has 3 unspecified atom stereocenters. The van der Waals surface area contributed by atoms with E-state index >= 15 is 0 Å². The number of benzene rings is 2. The van der Waals surface area contributed by atoms with Crippen LogP contribution in [0.4, 0.5) is 13.2 Å². The van der Waals surface area contributed by atoms with E-state index in [1.807, 2.05) is 24.3 Å². The fraction of sp³-hybridized carbons (Fsp3) is 0.458. The molecule has 4 rings (SSSR count). The molecule has 2 aromatic rings. The van der Waals surface area contributed by atoms with E-state index in [1.165, 1.54) is 10.4 Å². The molecule has 33 heavy (non-hydrogen) atoms. The van der Waals surface area contributed by atoms with Gasteiger partial charge in [0.1, 0.15) is 0 Å². The smallest absolute Gasteiger partial charge is 0.369 e. The van der Waals surface area contributed by atoms with Crippen LogP contribution in [0.3, 0.4) is 0 Å². The van der Waals surface area contributed by atoms with Crippen molar-refractivity contribution >= 4 is 15.9 Å².